The van der Waals surface area contributed by atoms with E-state index in [1.807, 2.05) is 30.3 Å². The Kier molecular flexibility index (Phi) is 4.07. The number of amides is 1. The molecule has 5 nitrogen and oxygen atoms in total. The van der Waals surface area contributed by atoms with Crippen molar-refractivity contribution in [3.8, 4) is 0 Å². The SMILES string of the molecule is NC(=O)CCCC1=N/C(=C\c2ccccc2)OC1=O. The van der Waals surface area contributed by atoms with Crippen LogP contribution in [0.5, 0.6) is 0 Å². The van der Waals surface area contributed by atoms with Crippen molar-refractivity contribution in [1.29, 1.82) is 0 Å². The van der Waals surface area contributed by atoms with Crippen molar-refractivity contribution >= 4 is 23.7 Å². The van der Waals surface area contributed by atoms with Gasteiger partial charge in [0, 0.05) is 12.5 Å². The van der Waals surface area contributed by atoms with Gasteiger partial charge in [0.05, 0.1) is 0 Å². The van der Waals surface area contributed by atoms with E-state index in [0.29, 0.717) is 18.6 Å². The summed E-state index contributed by atoms with van der Waals surface area (Å²) >= 11 is 0. The third-order valence-electron chi connectivity index (χ3n) is 2.60. The van der Waals surface area contributed by atoms with Gasteiger partial charge in [-0.2, -0.15) is 0 Å². The van der Waals surface area contributed by atoms with Gasteiger partial charge in [-0.15, -0.1) is 0 Å². The predicted molar refractivity (Wildman–Crippen MR) is 71.0 cm³/mol. The number of aliphatic imine (C=N–C) groups is 1. The average molecular weight is 258 g/mol. The maximum atomic E-state index is 11.5. The minimum Gasteiger partial charge on any atom is -0.403 e. The van der Waals surface area contributed by atoms with Crippen LogP contribution in [0.2, 0.25) is 0 Å². The Hall–Kier alpha value is -2.43. The van der Waals surface area contributed by atoms with Crippen molar-refractivity contribution in [3.63, 3.8) is 0 Å². The van der Waals surface area contributed by atoms with E-state index in [9.17, 15) is 9.59 Å². The van der Waals surface area contributed by atoms with Gasteiger partial charge < -0.3 is 10.5 Å². The number of nitrogens with two attached hydrogens (primary N) is 1. The normalized spacial score (nSPS) is 16.3. The molecule has 1 aromatic carbocycles. The number of nitrogens with zero attached hydrogens (tertiary/aromatic N) is 1. The molecule has 1 aliphatic rings. The Labute approximate surface area is 110 Å². The van der Waals surface area contributed by atoms with Crippen molar-refractivity contribution in [2.45, 2.75) is 19.3 Å². The Morgan fingerprint density at radius 2 is 2.05 bits per heavy atom. The lowest BCUT2D eigenvalue weighted by molar-refractivity contribution is -0.130. The highest BCUT2D eigenvalue weighted by Crippen LogP contribution is 2.17. The fourth-order valence-corrected chi connectivity index (χ4v) is 1.70. The summed E-state index contributed by atoms with van der Waals surface area (Å²) in [6, 6.07) is 9.46. The Balaban J connectivity index is 2.02. The summed E-state index contributed by atoms with van der Waals surface area (Å²) in [6.45, 7) is 0. The molecule has 2 N–H and O–H groups in total. The Bertz CT molecular complexity index is 547. The molecule has 0 unspecified atom stereocenters. The first kappa shape index (κ1) is 13.0. The molecule has 0 saturated carbocycles. The molecular weight excluding hydrogens is 244 g/mol. The van der Waals surface area contributed by atoms with Crippen LogP contribution in [0.25, 0.3) is 6.08 Å². The standard InChI is InChI=1S/C14H14N2O3/c15-12(17)8-4-7-11-14(18)19-13(16-11)9-10-5-2-1-3-6-10/h1-3,5-6,9H,4,7-8H2,(H2,15,17)/b13-9+. The maximum Gasteiger partial charge on any atom is 0.359 e. The molecule has 0 atom stereocenters. The van der Waals surface area contributed by atoms with Crippen LogP contribution in [0.15, 0.2) is 41.2 Å². The second-order valence-electron chi connectivity index (χ2n) is 4.16. The summed E-state index contributed by atoms with van der Waals surface area (Å²) in [5.74, 6) is -0.552. The molecular formula is C14H14N2O3. The fourth-order valence-electron chi connectivity index (χ4n) is 1.70. The molecule has 19 heavy (non-hydrogen) atoms. The van der Waals surface area contributed by atoms with Crippen LogP contribution >= 0.6 is 0 Å². The van der Waals surface area contributed by atoms with Crippen LogP contribution in [-0.4, -0.2) is 17.6 Å². The second-order valence-corrected chi connectivity index (χ2v) is 4.16. The molecule has 0 aromatic heterocycles. The van der Waals surface area contributed by atoms with Gasteiger partial charge in [0.15, 0.2) is 0 Å². The second kappa shape index (κ2) is 5.95. The number of carbonyl (C=O) groups excluding carboxylic acids is 2. The van der Waals surface area contributed by atoms with E-state index in [1.165, 1.54) is 0 Å². The smallest absolute Gasteiger partial charge is 0.359 e. The van der Waals surface area contributed by atoms with Gasteiger partial charge in [0.2, 0.25) is 11.8 Å². The number of hydrogen-bond acceptors (Lipinski definition) is 4. The molecule has 0 bridgehead atoms. The topological polar surface area (TPSA) is 81.8 Å². The maximum absolute atomic E-state index is 11.5. The van der Waals surface area contributed by atoms with Crippen molar-refractivity contribution in [1.82, 2.24) is 0 Å². The van der Waals surface area contributed by atoms with Gasteiger partial charge in [0.25, 0.3) is 0 Å². The molecule has 1 amide bonds. The number of cyclic esters (lactones) is 1. The molecule has 0 aliphatic carbocycles. The molecule has 0 spiro atoms. The molecule has 5 heteroatoms. The van der Waals surface area contributed by atoms with Gasteiger partial charge in [0.1, 0.15) is 5.71 Å². The number of ether oxygens (including phenoxy) is 1. The molecule has 1 aromatic rings. The molecule has 98 valence electrons. The van der Waals surface area contributed by atoms with Gasteiger partial charge in [-0.1, -0.05) is 30.3 Å². The van der Waals surface area contributed by atoms with Crippen molar-refractivity contribution in [2.75, 3.05) is 0 Å². The van der Waals surface area contributed by atoms with Crippen molar-refractivity contribution in [2.24, 2.45) is 10.7 Å². The average Bonchev–Trinajstić information content (AvgIpc) is 2.70. The minimum atomic E-state index is -0.452. The first-order chi connectivity index (χ1) is 9.15. The van der Waals surface area contributed by atoms with E-state index in [1.54, 1.807) is 6.08 Å². The highest BCUT2D eigenvalue weighted by atomic mass is 16.6. The summed E-state index contributed by atoms with van der Waals surface area (Å²) in [6.07, 6.45) is 2.83. The zero-order valence-corrected chi connectivity index (χ0v) is 10.3. The van der Waals surface area contributed by atoms with Crippen LogP contribution < -0.4 is 5.73 Å². The quantitative estimate of drug-likeness (QED) is 0.815. The largest absolute Gasteiger partial charge is 0.403 e. The van der Waals surface area contributed by atoms with E-state index >= 15 is 0 Å². The Morgan fingerprint density at radius 1 is 1.32 bits per heavy atom. The van der Waals surface area contributed by atoms with Gasteiger partial charge in [-0.05, 0) is 18.4 Å². The van der Waals surface area contributed by atoms with Crippen LogP contribution in [0.3, 0.4) is 0 Å². The summed E-state index contributed by atoms with van der Waals surface area (Å²) < 4.78 is 5.04. The lowest BCUT2D eigenvalue weighted by Gasteiger charge is -1.95. The Morgan fingerprint density at radius 3 is 2.74 bits per heavy atom. The molecule has 2 rings (SSSR count). The van der Waals surface area contributed by atoms with Gasteiger partial charge in [-0.25, -0.2) is 9.79 Å². The summed E-state index contributed by atoms with van der Waals surface area (Å²) in [7, 11) is 0. The van der Waals surface area contributed by atoms with Crippen LogP contribution in [0, 0.1) is 0 Å². The number of hydrogen-bond donors (Lipinski definition) is 1. The number of esters is 1. The zero-order valence-electron chi connectivity index (χ0n) is 10.3. The molecule has 1 heterocycles. The first-order valence-corrected chi connectivity index (χ1v) is 6.00. The lowest BCUT2D eigenvalue weighted by atomic mass is 10.1. The van der Waals surface area contributed by atoms with E-state index in [4.69, 9.17) is 10.5 Å². The summed E-state index contributed by atoms with van der Waals surface area (Å²) in [5, 5.41) is 0. The third-order valence-corrected chi connectivity index (χ3v) is 2.60. The molecule has 1 aliphatic heterocycles. The van der Waals surface area contributed by atoms with Gasteiger partial charge >= 0.3 is 5.97 Å². The molecule has 0 radical (unpaired) electrons. The number of primary amides is 1. The van der Waals surface area contributed by atoms with Crippen LogP contribution in [0.4, 0.5) is 0 Å². The lowest BCUT2D eigenvalue weighted by Crippen LogP contribution is -2.13. The predicted octanol–water partition coefficient (Wildman–Crippen LogP) is 1.64. The van der Waals surface area contributed by atoms with Crippen molar-refractivity contribution < 1.29 is 14.3 Å². The zero-order chi connectivity index (χ0) is 13.7. The number of benzene rings is 1. The van der Waals surface area contributed by atoms with E-state index in [2.05, 4.69) is 4.99 Å². The van der Waals surface area contributed by atoms with Crippen LogP contribution in [-0.2, 0) is 14.3 Å². The summed E-state index contributed by atoms with van der Waals surface area (Å²) in [4.78, 5) is 26.3. The third kappa shape index (κ3) is 3.77. The van der Waals surface area contributed by atoms with Crippen molar-refractivity contribution in [3.05, 3.63) is 41.8 Å². The molecule has 0 saturated heterocycles. The first-order valence-electron chi connectivity index (χ1n) is 6.00. The van der Waals surface area contributed by atoms with E-state index in [-0.39, 0.29) is 18.2 Å². The van der Waals surface area contributed by atoms with Crippen LogP contribution in [0.1, 0.15) is 24.8 Å². The van der Waals surface area contributed by atoms with E-state index in [0.717, 1.165) is 5.56 Å². The van der Waals surface area contributed by atoms with Gasteiger partial charge in [-0.3, -0.25) is 4.79 Å². The number of carbonyl (C=O) groups is 2. The molecule has 0 fully saturated rings. The summed E-state index contributed by atoms with van der Waals surface area (Å²) in [5.41, 5.74) is 6.28. The highest BCUT2D eigenvalue weighted by molar-refractivity contribution is 6.38. The monoisotopic (exact) mass is 258 g/mol. The van der Waals surface area contributed by atoms with E-state index < -0.39 is 5.97 Å². The highest BCUT2D eigenvalue weighted by Gasteiger charge is 2.22. The minimum absolute atomic E-state index is 0.240. The fraction of sp³-hybridized carbons (Fsp3) is 0.214. The number of rotatable bonds is 5.